The van der Waals surface area contributed by atoms with Crippen LogP contribution in [0.15, 0.2) is 0 Å². The number of aliphatic hydroxyl groups excluding tert-OH is 3. The molecule has 0 aromatic heterocycles. The summed E-state index contributed by atoms with van der Waals surface area (Å²) in [7, 11) is 0. The molecule has 0 aliphatic carbocycles. The summed E-state index contributed by atoms with van der Waals surface area (Å²) in [5.41, 5.74) is 0. The van der Waals surface area contributed by atoms with Crippen LogP contribution in [0.4, 0.5) is 0 Å². The van der Waals surface area contributed by atoms with Gasteiger partial charge in [0.05, 0.1) is 12.2 Å². The molecule has 0 aliphatic heterocycles. The molecule has 0 amide bonds. The molecule has 0 saturated carbocycles. The van der Waals surface area contributed by atoms with Gasteiger partial charge in [0.25, 0.3) is 0 Å². The molecular formula is C18H37KO5. The normalized spacial score (nSPS) is 13.3. The Kier molecular flexibility index (Phi) is 23.0. The van der Waals surface area contributed by atoms with Crippen LogP contribution in [0.1, 0.15) is 89.9 Å². The zero-order valence-corrected chi connectivity index (χ0v) is 14.5. The standard InChI is InChI=1S/C18H36O5.K.H/c19-15-11-7-2-1-4-8-12-16(20)17(21)13-9-5-3-6-10-14-18(22)23;;/h16-17,19-21H,1-15H2,(H,22,23);;. The maximum atomic E-state index is 10.4. The number of hydrogen-bond donors (Lipinski definition) is 4. The summed E-state index contributed by atoms with van der Waals surface area (Å²) >= 11 is 0. The van der Waals surface area contributed by atoms with E-state index in [1.54, 1.807) is 0 Å². The van der Waals surface area contributed by atoms with Gasteiger partial charge in [0, 0.05) is 13.0 Å². The van der Waals surface area contributed by atoms with E-state index < -0.39 is 18.2 Å². The van der Waals surface area contributed by atoms with Crippen LogP contribution in [0.25, 0.3) is 0 Å². The summed E-state index contributed by atoms with van der Waals surface area (Å²) in [6.45, 7) is 0.268. The fraction of sp³-hybridized carbons (Fsp3) is 0.944. The van der Waals surface area contributed by atoms with Crippen molar-refractivity contribution in [2.75, 3.05) is 6.61 Å². The Morgan fingerprint density at radius 3 is 1.46 bits per heavy atom. The molecule has 0 aromatic rings. The Morgan fingerprint density at radius 1 is 0.667 bits per heavy atom. The molecule has 0 radical (unpaired) electrons. The van der Waals surface area contributed by atoms with E-state index in [9.17, 15) is 15.0 Å². The van der Waals surface area contributed by atoms with Gasteiger partial charge >= 0.3 is 57.4 Å². The Morgan fingerprint density at radius 2 is 1.04 bits per heavy atom. The molecule has 6 heteroatoms. The Labute approximate surface area is 189 Å². The van der Waals surface area contributed by atoms with Gasteiger partial charge in [0.2, 0.25) is 0 Å². The second kappa shape index (κ2) is 20.3. The van der Waals surface area contributed by atoms with E-state index in [-0.39, 0.29) is 64.4 Å². The van der Waals surface area contributed by atoms with Gasteiger partial charge in [-0.15, -0.1) is 0 Å². The third-order valence-corrected chi connectivity index (χ3v) is 4.24. The Balaban J connectivity index is 0. The third-order valence-electron chi connectivity index (χ3n) is 4.24. The first kappa shape index (κ1) is 27.2. The average Bonchev–Trinajstić information content (AvgIpc) is 2.52. The van der Waals surface area contributed by atoms with Crippen LogP contribution in [0, 0.1) is 0 Å². The summed E-state index contributed by atoms with van der Waals surface area (Å²) < 4.78 is 0. The number of unbranched alkanes of at least 4 members (excludes halogenated alkanes) is 9. The second-order valence-corrected chi connectivity index (χ2v) is 6.47. The molecule has 4 N–H and O–H groups in total. The van der Waals surface area contributed by atoms with E-state index in [0.717, 1.165) is 70.6 Å². The quantitative estimate of drug-likeness (QED) is 0.232. The maximum absolute atomic E-state index is 10.4. The molecule has 24 heavy (non-hydrogen) atoms. The average molecular weight is 373 g/mol. The summed E-state index contributed by atoms with van der Waals surface area (Å²) in [5, 5.41) is 37.0. The summed E-state index contributed by atoms with van der Waals surface area (Å²) in [4.78, 5) is 10.4. The molecule has 0 aliphatic rings. The molecular weight excluding hydrogens is 335 g/mol. The zero-order valence-electron chi connectivity index (χ0n) is 14.5. The first-order valence-electron chi connectivity index (χ1n) is 9.26. The van der Waals surface area contributed by atoms with Gasteiger partial charge in [-0.1, -0.05) is 57.8 Å². The molecule has 0 fully saturated rings. The van der Waals surface area contributed by atoms with Crippen molar-refractivity contribution in [3.05, 3.63) is 0 Å². The van der Waals surface area contributed by atoms with Crippen LogP contribution in [-0.4, -0.2) is 96.6 Å². The van der Waals surface area contributed by atoms with Gasteiger partial charge in [0.15, 0.2) is 0 Å². The van der Waals surface area contributed by atoms with E-state index in [2.05, 4.69) is 0 Å². The molecule has 2 unspecified atom stereocenters. The predicted molar refractivity (Wildman–Crippen MR) is 98.5 cm³/mol. The van der Waals surface area contributed by atoms with Crippen molar-refractivity contribution in [2.45, 2.75) is 102 Å². The molecule has 0 spiro atoms. The zero-order chi connectivity index (χ0) is 17.3. The molecule has 0 saturated heterocycles. The van der Waals surface area contributed by atoms with Gasteiger partial charge in [-0.2, -0.15) is 0 Å². The molecule has 140 valence electrons. The van der Waals surface area contributed by atoms with Gasteiger partial charge in [-0.3, -0.25) is 4.79 Å². The van der Waals surface area contributed by atoms with Crippen LogP contribution in [0.3, 0.4) is 0 Å². The van der Waals surface area contributed by atoms with Crippen LogP contribution >= 0.6 is 0 Å². The Hall–Kier alpha value is 0.986. The minimum atomic E-state index is -0.739. The number of carbonyl (C=O) groups is 1. The van der Waals surface area contributed by atoms with Crippen LogP contribution < -0.4 is 0 Å². The van der Waals surface area contributed by atoms with E-state index in [0.29, 0.717) is 12.8 Å². The SMILES string of the molecule is O=C(O)CCCCCCCC(O)C(O)CCCCCCCCO.[KH]. The number of carboxylic acid groups (broad SMARTS) is 1. The van der Waals surface area contributed by atoms with Crippen LogP contribution in [-0.2, 0) is 4.79 Å². The molecule has 0 rings (SSSR count). The number of aliphatic carboxylic acids is 1. The molecule has 2 atom stereocenters. The van der Waals surface area contributed by atoms with Crippen molar-refractivity contribution < 1.29 is 25.2 Å². The van der Waals surface area contributed by atoms with Gasteiger partial charge < -0.3 is 20.4 Å². The van der Waals surface area contributed by atoms with Crippen molar-refractivity contribution in [1.82, 2.24) is 0 Å². The van der Waals surface area contributed by atoms with E-state index >= 15 is 0 Å². The second-order valence-electron chi connectivity index (χ2n) is 6.47. The number of carboxylic acids is 1. The van der Waals surface area contributed by atoms with Crippen molar-refractivity contribution in [3.8, 4) is 0 Å². The number of rotatable bonds is 17. The predicted octanol–water partition coefficient (Wildman–Crippen LogP) is 2.60. The first-order chi connectivity index (χ1) is 11.1. The van der Waals surface area contributed by atoms with Crippen molar-refractivity contribution in [3.63, 3.8) is 0 Å². The summed E-state index contributed by atoms with van der Waals surface area (Å²) in [5.74, 6) is -0.739. The number of aliphatic hydroxyl groups is 3. The number of hydrogen-bond acceptors (Lipinski definition) is 4. The molecule has 0 aromatic carbocycles. The fourth-order valence-electron chi connectivity index (χ4n) is 2.72. The molecule has 0 heterocycles. The monoisotopic (exact) mass is 372 g/mol. The molecule has 0 bridgehead atoms. The van der Waals surface area contributed by atoms with E-state index in [1.165, 1.54) is 0 Å². The summed E-state index contributed by atoms with van der Waals surface area (Å²) in [6.07, 6.45) is 10.9. The fourth-order valence-corrected chi connectivity index (χ4v) is 2.72. The first-order valence-corrected chi connectivity index (χ1v) is 9.26. The Bertz CT molecular complexity index is 276. The summed E-state index contributed by atoms with van der Waals surface area (Å²) in [6, 6.07) is 0. The van der Waals surface area contributed by atoms with E-state index in [1.807, 2.05) is 0 Å². The molecule has 5 nitrogen and oxygen atoms in total. The van der Waals surface area contributed by atoms with Crippen molar-refractivity contribution in [1.29, 1.82) is 0 Å². The van der Waals surface area contributed by atoms with Crippen LogP contribution in [0.2, 0.25) is 0 Å². The topological polar surface area (TPSA) is 98.0 Å². The van der Waals surface area contributed by atoms with Crippen LogP contribution in [0.5, 0.6) is 0 Å². The minimum absolute atomic E-state index is 0. The van der Waals surface area contributed by atoms with Gasteiger partial charge in [-0.05, 0) is 25.7 Å². The van der Waals surface area contributed by atoms with Gasteiger partial charge in [0.1, 0.15) is 0 Å². The van der Waals surface area contributed by atoms with Crippen molar-refractivity contribution >= 4 is 57.4 Å². The van der Waals surface area contributed by atoms with Gasteiger partial charge in [-0.25, -0.2) is 0 Å². The van der Waals surface area contributed by atoms with E-state index in [4.69, 9.17) is 10.2 Å². The third kappa shape index (κ3) is 19.3. The van der Waals surface area contributed by atoms with Crippen molar-refractivity contribution in [2.24, 2.45) is 0 Å².